The van der Waals surface area contributed by atoms with E-state index in [0.717, 1.165) is 23.3 Å². The molecule has 0 aliphatic rings. The standard InChI is InChI=1S/C15H20N4O3S2/c1-11(2)13(20)17-14-18-19-15(23-14)24(21,22)16-10-6-9-12-7-4-3-5-8-12/h3-5,7-8,11,16H,6,9-10H2,1-2H3,(H,17,18,20). The van der Waals surface area contributed by atoms with Crippen LogP contribution in [0.25, 0.3) is 0 Å². The lowest BCUT2D eigenvalue weighted by molar-refractivity contribution is -0.118. The van der Waals surface area contributed by atoms with Crippen molar-refractivity contribution in [1.29, 1.82) is 0 Å². The number of hydrogen-bond donors (Lipinski definition) is 2. The minimum Gasteiger partial charge on any atom is -0.300 e. The van der Waals surface area contributed by atoms with Crippen LogP contribution in [-0.4, -0.2) is 31.1 Å². The van der Waals surface area contributed by atoms with Gasteiger partial charge in [-0.3, -0.25) is 4.79 Å². The minimum atomic E-state index is -3.71. The predicted octanol–water partition coefficient (Wildman–Crippen LogP) is 2.04. The summed E-state index contributed by atoms with van der Waals surface area (Å²) in [5, 5.41) is 10.1. The van der Waals surface area contributed by atoms with Gasteiger partial charge in [-0.05, 0) is 18.4 Å². The van der Waals surface area contributed by atoms with Gasteiger partial charge in [0.05, 0.1) is 0 Å². The van der Waals surface area contributed by atoms with Crippen molar-refractivity contribution in [2.45, 2.75) is 31.0 Å². The molecule has 9 heteroatoms. The van der Waals surface area contributed by atoms with Crippen LogP contribution in [0.2, 0.25) is 0 Å². The van der Waals surface area contributed by atoms with Crippen LogP contribution in [0.1, 0.15) is 25.8 Å². The number of carbonyl (C=O) groups is 1. The Hall–Kier alpha value is -1.84. The van der Waals surface area contributed by atoms with Gasteiger partial charge in [-0.25, -0.2) is 13.1 Å². The predicted molar refractivity (Wildman–Crippen MR) is 93.3 cm³/mol. The highest BCUT2D eigenvalue weighted by atomic mass is 32.2. The number of carbonyl (C=O) groups excluding carboxylic acids is 1. The molecule has 0 radical (unpaired) electrons. The molecule has 0 aliphatic heterocycles. The van der Waals surface area contributed by atoms with Crippen LogP contribution >= 0.6 is 11.3 Å². The summed E-state index contributed by atoms with van der Waals surface area (Å²) in [5.74, 6) is -0.448. The zero-order valence-electron chi connectivity index (χ0n) is 13.5. The van der Waals surface area contributed by atoms with Crippen LogP contribution in [-0.2, 0) is 21.2 Å². The molecule has 0 atom stereocenters. The first-order chi connectivity index (χ1) is 11.4. The first-order valence-electron chi connectivity index (χ1n) is 7.56. The average Bonchev–Trinajstić information content (AvgIpc) is 3.02. The SMILES string of the molecule is CC(C)C(=O)Nc1nnc(S(=O)(=O)NCCCc2ccccc2)s1. The van der Waals surface area contributed by atoms with Gasteiger partial charge in [0.25, 0.3) is 10.0 Å². The summed E-state index contributed by atoms with van der Waals surface area (Å²) < 4.78 is 26.7. The van der Waals surface area contributed by atoms with E-state index >= 15 is 0 Å². The summed E-state index contributed by atoms with van der Waals surface area (Å²) in [6.45, 7) is 3.79. The Morgan fingerprint density at radius 2 is 1.92 bits per heavy atom. The largest absolute Gasteiger partial charge is 0.300 e. The molecular weight excluding hydrogens is 348 g/mol. The topological polar surface area (TPSA) is 101 Å². The monoisotopic (exact) mass is 368 g/mol. The molecule has 0 bridgehead atoms. The van der Waals surface area contributed by atoms with E-state index in [9.17, 15) is 13.2 Å². The fourth-order valence-corrected chi connectivity index (χ4v) is 3.84. The van der Waals surface area contributed by atoms with Crippen LogP contribution in [0.4, 0.5) is 5.13 Å². The van der Waals surface area contributed by atoms with E-state index in [0.29, 0.717) is 13.0 Å². The molecule has 130 valence electrons. The Balaban J connectivity index is 1.86. The van der Waals surface area contributed by atoms with Gasteiger partial charge < -0.3 is 5.32 Å². The molecule has 2 aromatic rings. The molecule has 7 nitrogen and oxygen atoms in total. The molecule has 0 spiro atoms. The molecule has 24 heavy (non-hydrogen) atoms. The van der Waals surface area contributed by atoms with Gasteiger partial charge in [0.2, 0.25) is 15.4 Å². The van der Waals surface area contributed by atoms with Crippen molar-refractivity contribution < 1.29 is 13.2 Å². The van der Waals surface area contributed by atoms with E-state index in [4.69, 9.17) is 0 Å². The summed E-state index contributed by atoms with van der Waals surface area (Å²) in [5.41, 5.74) is 1.16. The van der Waals surface area contributed by atoms with Crippen LogP contribution < -0.4 is 10.0 Å². The Morgan fingerprint density at radius 3 is 2.58 bits per heavy atom. The van der Waals surface area contributed by atoms with Crippen molar-refractivity contribution in [2.24, 2.45) is 5.92 Å². The summed E-state index contributed by atoms with van der Waals surface area (Å²) in [4.78, 5) is 11.6. The number of benzene rings is 1. The second-order valence-corrected chi connectivity index (χ2v) is 8.42. The summed E-state index contributed by atoms with van der Waals surface area (Å²) >= 11 is 0.835. The summed E-state index contributed by atoms with van der Waals surface area (Å²) in [6, 6.07) is 9.85. The third-order valence-corrected chi connectivity index (χ3v) is 5.84. The number of aryl methyl sites for hydroxylation is 1. The molecule has 0 fully saturated rings. The highest BCUT2D eigenvalue weighted by molar-refractivity contribution is 7.91. The van der Waals surface area contributed by atoms with Gasteiger partial charge in [-0.15, -0.1) is 10.2 Å². The van der Waals surface area contributed by atoms with E-state index in [1.807, 2.05) is 30.3 Å². The fraction of sp³-hybridized carbons (Fsp3) is 0.400. The lowest BCUT2D eigenvalue weighted by Crippen LogP contribution is -2.25. The highest BCUT2D eigenvalue weighted by Crippen LogP contribution is 2.20. The molecule has 0 saturated carbocycles. The molecule has 1 aromatic heterocycles. The third kappa shape index (κ3) is 5.36. The first-order valence-corrected chi connectivity index (χ1v) is 9.86. The van der Waals surface area contributed by atoms with Gasteiger partial charge in [0, 0.05) is 12.5 Å². The van der Waals surface area contributed by atoms with Gasteiger partial charge in [-0.1, -0.05) is 55.5 Å². The Bertz CT molecular complexity index is 773. The van der Waals surface area contributed by atoms with Gasteiger partial charge in [-0.2, -0.15) is 0 Å². The Kier molecular flexibility index (Phi) is 6.41. The first kappa shape index (κ1) is 18.5. The second kappa shape index (κ2) is 8.32. The maximum Gasteiger partial charge on any atom is 0.269 e. The number of sulfonamides is 1. The van der Waals surface area contributed by atoms with Crippen LogP contribution in [0.15, 0.2) is 34.7 Å². The summed E-state index contributed by atoms with van der Waals surface area (Å²) in [6.07, 6.45) is 1.47. The minimum absolute atomic E-state index is 0.152. The van der Waals surface area contributed by atoms with E-state index < -0.39 is 10.0 Å². The number of anilines is 1. The molecule has 0 aliphatic carbocycles. The molecule has 2 N–H and O–H groups in total. The zero-order valence-corrected chi connectivity index (χ0v) is 15.2. The lowest BCUT2D eigenvalue weighted by Gasteiger charge is -2.04. The smallest absolute Gasteiger partial charge is 0.269 e. The Labute approximate surface area is 145 Å². The van der Waals surface area contributed by atoms with Crippen molar-refractivity contribution in [1.82, 2.24) is 14.9 Å². The number of amides is 1. The summed E-state index contributed by atoms with van der Waals surface area (Å²) in [7, 11) is -3.71. The van der Waals surface area contributed by atoms with Crippen molar-refractivity contribution in [3.05, 3.63) is 35.9 Å². The molecular formula is C15H20N4O3S2. The van der Waals surface area contributed by atoms with E-state index in [1.165, 1.54) is 0 Å². The number of aromatic nitrogens is 2. The Morgan fingerprint density at radius 1 is 1.21 bits per heavy atom. The fourth-order valence-electron chi connectivity index (χ4n) is 1.82. The van der Waals surface area contributed by atoms with Crippen molar-refractivity contribution in [2.75, 3.05) is 11.9 Å². The van der Waals surface area contributed by atoms with E-state index in [2.05, 4.69) is 20.2 Å². The molecule has 0 unspecified atom stereocenters. The third-order valence-electron chi connectivity index (χ3n) is 3.17. The van der Waals surface area contributed by atoms with Crippen LogP contribution in [0, 0.1) is 5.92 Å². The lowest BCUT2D eigenvalue weighted by atomic mass is 10.1. The van der Waals surface area contributed by atoms with Gasteiger partial charge in [0.15, 0.2) is 0 Å². The van der Waals surface area contributed by atoms with Gasteiger partial charge >= 0.3 is 0 Å². The molecule has 0 saturated heterocycles. The average molecular weight is 368 g/mol. The quantitative estimate of drug-likeness (QED) is 0.548. The molecule has 2 rings (SSSR count). The molecule has 1 aromatic carbocycles. The van der Waals surface area contributed by atoms with Crippen LogP contribution in [0.5, 0.6) is 0 Å². The van der Waals surface area contributed by atoms with Crippen LogP contribution in [0.3, 0.4) is 0 Å². The van der Waals surface area contributed by atoms with Crippen molar-refractivity contribution in [3.8, 4) is 0 Å². The number of nitrogens with zero attached hydrogens (tertiary/aromatic N) is 2. The normalized spacial score (nSPS) is 11.6. The second-order valence-electron chi connectivity index (χ2n) is 5.50. The van der Waals surface area contributed by atoms with Gasteiger partial charge in [0.1, 0.15) is 0 Å². The van der Waals surface area contributed by atoms with Crippen molar-refractivity contribution in [3.63, 3.8) is 0 Å². The maximum absolute atomic E-state index is 12.2. The maximum atomic E-state index is 12.2. The van der Waals surface area contributed by atoms with Crippen molar-refractivity contribution >= 4 is 32.4 Å². The number of nitrogens with one attached hydrogen (secondary N) is 2. The van der Waals surface area contributed by atoms with E-state index in [1.54, 1.807) is 13.8 Å². The molecule has 1 heterocycles. The number of rotatable bonds is 8. The zero-order chi connectivity index (χ0) is 17.6. The number of hydrogen-bond acceptors (Lipinski definition) is 6. The highest BCUT2D eigenvalue weighted by Gasteiger charge is 2.20. The molecule has 1 amide bonds. The van der Waals surface area contributed by atoms with E-state index in [-0.39, 0.29) is 21.3 Å².